The van der Waals surface area contributed by atoms with Crippen molar-refractivity contribution in [3.8, 4) is 5.75 Å². The molecular formula is C20H30O4. The highest BCUT2D eigenvalue weighted by atomic mass is 16.5. The van der Waals surface area contributed by atoms with E-state index in [1.54, 1.807) is 0 Å². The standard InChI is InChI=1S/C20H30O4/c1-3-4-11-16-24-19-14-10-9-12-17(19)18(21)13-7-5-6-8-15-20(22)23-2/h5,7,9-10,12,14,18,21H,3-4,6,8,11,13,15-16H2,1-2H3/b7-5+. The van der Waals surface area contributed by atoms with Crippen LogP contribution in [0.1, 0.15) is 63.5 Å². The molecule has 0 amide bonds. The summed E-state index contributed by atoms with van der Waals surface area (Å²) in [7, 11) is 1.40. The summed E-state index contributed by atoms with van der Waals surface area (Å²) in [5, 5.41) is 10.4. The molecule has 0 aliphatic heterocycles. The minimum absolute atomic E-state index is 0.183. The molecule has 4 heteroatoms. The Labute approximate surface area is 145 Å². The summed E-state index contributed by atoms with van der Waals surface area (Å²) in [5.74, 6) is 0.581. The van der Waals surface area contributed by atoms with E-state index in [1.807, 2.05) is 36.4 Å². The van der Waals surface area contributed by atoms with Gasteiger partial charge in [-0.05, 0) is 31.7 Å². The second-order valence-corrected chi connectivity index (χ2v) is 5.78. The maximum absolute atomic E-state index is 11.0. The zero-order valence-corrected chi connectivity index (χ0v) is 14.9. The Morgan fingerprint density at radius 3 is 2.75 bits per heavy atom. The molecule has 0 saturated heterocycles. The van der Waals surface area contributed by atoms with Crippen LogP contribution in [-0.4, -0.2) is 24.8 Å². The van der Waals surface area contributed by atoms with E-state index in [0.717, 1.165) is 43.4 Å². The van der Waals surface area contributed by atoms with E-state index in [1.165, 1.54) is 7.11 Å². The highest BCUT2D eigenvalue weighted by Gasteiger charge is 2.11. The largest absolute Gasteiger partial charge is 0.493 e. The van der Waals surface area contributed by atoms with Crippen molar-refractivity contribution in [1.82, 2.24) is 0 Å². The lowest BCUT2D eigenvalue weighted by Crippen LogP contribution is -2.03. The molecule has 1 unspecified atom stereocenters. The van der Waals surface area contributed by atoms with Gasteiger partial charge in [-0.2, -0.15) is 0 Å². The highest BCUT2D eigenvalue weighted by Crippen LogP contribution is 2.27. The Kier molecular flexibility index (Phi) is 10.6. The monoisotopic (exact) mass is 334 g/mol. The minimum atomic E-state index is -0.579. The summed E-state index contributed by atoms with van der Waals surface area (Å²) in [6.45, 7) is 2.84. The first-order chi connectivity index (χ1) is 11.7. The van der Waals surface area contributed by atoms with Crippen LogP contribution in [0.25, 0.3) is 0 Å². The number of aliphatic hydroxyl groups is 1. The van der Waals surface area contributed by atoms with Crippen LogP contribution < -0.4 is 4.74 Å². The van der Waals surface area contributed by atoms with Gasteiger partial charge in [0.1, 0.15) is 5.75 Å². The summed E-state index contributed by atoms with van der Waals surface area (Å²) in [4.78, 5) is 11.0. The Balaban J connectivity index is 2.40. The second-order valence-electron chi connectivity index (χ2n) is 5.78. The molecule has 4 nitrogen and oxygen atoms in total. The Hall–Kier alpha value is -1.81. The molecule has 0 saturated carbocycles. The second kappa shape index (κ2) is 12.6. The number of carbonyl (C=O) groups excluding carboxylic acids is 1. The molecule has 1 atom stereocenters. The number of unbranched alkanes of at least 4 members (excludes halogenated alkanes) is 3. The predicted molar refractivity (Wildman–Crippen MR) is 96.0 cm³/mol. The maximum atomic E-state index is 11.0. The van der Waals surface area contributed by atoms with E-state index in [0.29, 0.717) is 19.4 Å². The topological polar surface area (TPSA) is 55.8 Å². The third-order valence-corrected chi connectivity index (χ3v) is 3.79. The molecule has 0 spiro atoms. The number of esters is 1. The fourth-order valence-corrected chi connectivity index (χ4v) is 2.36. The van der Waals surface area contributed by atoms with Crippen LogP contribution >= 0.6 is 0 Å². The first-order valence-corrected chi connectivity index (χ1v) is 8.80. The van der Waals surface area contributed by atoms with Crippen molar-refractivity contribution in [2.45, 2.75) is 58.0 Å². The molecule has 1 rings (SSSR count). The molecule has 24 heavy (non-hydrogen) atoms. The van der Waals surface area contributed by atoms with Crippen LogP contribution in [-0.2, 0) is 9.53 Å². The Bertz CT molecular complexity index is 496. The van der Waals surface area contributed by atoms with E-state index in [-0.39, 0.29) is 5.97 Å². The molecule has 0 bridgehead atoms. The fraction of sp³-hybridized carbons (Fsp3) is 0.550. The number of hydrogen-bond donors (Lipinski definition) is 1. The van der Waals surface area contributed by atoms with Crippen molar-refractivity contribution in [3.63, 3.8) is 0 Å². The van der Waals surface area contributed by atoms with Crippen molar-refractivity contribution in [3.05, 3.63) is 42.0 Å². The van der Waals surface area contributed by atoms with Crippen LogP contribution in [0.5, 0.6) is 5.75 Å². The quantitative estimate of drug-likeness (QED) is 0.345. The first kappa shape index (κ1) is 20.2. The molecule has 0 fully saturated rings. The number of allylic oxidation sites excluding steroid dienone is 1. The number of benzene rings is 1. The van der Waals surface area contributed by atoms with Crippen molar-refractivity contribution >= 4 is 5.97 Å². The third kappa shape index (κ3) is 8.16. The van der Waals surface area contributed by atoms with Gasteiger partial charge in [-0.3, -0.25) is 4.79 Å². The van der Waals surface area contributed by atoms with Gasteiger partial charge in [0.25, 0.3) is 0 Å². The van der Waals surface area contributed by atoms with Crippen molar-refractivity contribution < 1.29 is 19.4 Å². The molecule has 1 aromatic rings. The fourth-order valence-electron chi connectivity index (χ4n) is 2.36. The molecule has 134 valence electrons. The SMILES string of the molecule is CCCCCOc1ccccc1C(O)C/C=C/CCCC(=O)OC. The maximum Gasteiger partial charge on any atom is 0.305 e. The number of methoxy groups -OCH3 is 1. The summed E-state index contributed by atoms with van der Waals surface area (Å²) >= 11 is 0. The number of hydrogen-bond acceptors (Lipinski definition) is 4. The number of rotatable bonds is 12. The Morgan fingerprint density at radius 2 is 2.00 bits per heavy atom. The van der Waals surface area contributed by atoms with Crippen LogP contribution in [0.15, 0.2) is 36.4 Å². The lowest BCUT2D eigenvalue weighted by Gasteiger charge is -2.15. The van der Waals surface area contributed by atoms with Crippen LogP contribution in [0.2, 0.25) is 0 Å². The molecule has 0 aromatic heterocycles. The number of ether oxygens (including phenoxy) is 2. The van der Waals surface area contributed by atoms with Gasteiger partial charge in [0.2, 0.25) is 0 Å². The lowest BCUT2D eigenvalue weighted by atomic mass is 10.0. The number of aliphatic hydroxyl groups excluding tert-OH is 1. The third-order valence-electron chi connectivity index (χ3n) is 3.79. The van der Waals surface area contributed by atoms with E-state index in [4.69, 9.17) is 4.74 Å². The van der Waals surface area contributed by atoms with E-state index >= 15 is 0 Å². The molecule has 1 aromatic carbocycles. The first-order valence-electron chi connectivity index (χ1n) is 8.80. The molecule has 0 aliphatic rings. The van der Waals surface area contributed by atoms with Crippen LogP contribution in [0.4, 0.5) is 0 Å². The normalized spacial score (nSPS) is 12.3. The van der Waals surface area contributed by atoms with Gasteiger partial charge in [0, 0.05) is 12.0 Å². The van der Waals surface area contributed by atoms with Crippen LogP contribution in [0.3, 0.4) is 0 Å². The van der Waals surface area contributed by atoms with Gasteiger partial charge in [-0.1, -0.05) is 50.1 Å². The molecular weight excluding hydrogens is 304 g/mol. The zero-order valence-electron chi connectivity index (χ0n) is 14.9. The van der Waals surface area contributed by atoms with Gasteiger partial charge in [-0.25, -0.2) is 0 Å². The molecule has 0 aliphatic carbocycles. The smallest absolute Gasteiger partial charge is 0.305 e. The number of para-hydroxylation sites is 1. The van der Waals surface area contributed by atoms with Crippen LogP contribution in [0, 0.1) is 0 Å². The van der Waals surface area contributed by atoms with Crippen molar-refractivity contribution in [1.29, 1.82) is 0 Å². The average Bonchev–Trinajstić information content (AvgIpc) is 2.61. The van der Waals surface area contributed by atoms with Gasteiger partial charge in [0.05, 0.1) is 19.8 Å². The summed E-state index contributed by atoms with van der Waals surface area (Å²) in [6, 6.07) is 7.65. The van der Waals surface area contributed by atoms with Gasteiger partial charge < -0.3 is 14.6 Å². The van der Waals surface area contributed by atoms with Gasteiger partial charge in [0.15, 0.2) is 0 Å². The van der Waals surface area contributed by atoms with Gasteiger partial charge >= 0.3 is 5.97 Å². The van der Waals surface area contributed by atoms with Crippen molar-refractivity contribution in [2.75, 3.05) is 13.7 Å². The van der Waals surface area contributed by atoms with E-state index in [9.17, 15) is 9.90 Å². The van der Waals surface area contributed by atoms with Crippen molar-refractivity contribution in [2.24, 2.45) is 0 Å². The molecule has 0 radical (unpaired) electrons. The average molecular weight is 334 g/mol. The number of carbonyl (C=O) groups is 1. The minimum Gasteiger partial charge on any atom is -0.493 e. The zero-order chi connectivity index (χ0) is 17.6. The molecule has 0 heterocycles. The lowest BCUT2D eigenvalue weighted by molar-refractivity contribution is -0.140. The summed E-state index contributed by atoms with van der Waals surface area (Å²) in [6.07, 6.45) is 9.24. The summed E-state index contributed by atoms with van der Waals surface area (Å²) < 4.78 is 10.4. The van der Waals surface area contributed by atoms with E-state index < -0.39 is 6.10 Å². The summed E-state index contributed by atoms with van der Waals surface area (Å²) in [5.41, 5.74) is 0.827. The highest BCUT2D eigenvalue weighted by molar-refractivity contribution is 5.69. The Morgan fingerprint density at radius 1 is 1.21 bits per heavy atom. The van der Waals surface area contributed by atoms with E-state index in [2.05, 4.69) is 11.7 Å². The van der Waals surface area contributed by atoms with Gasteiger partial charge in [-0.15, -0.1) is 0 Å². The molecule has 1 N–H and O–H groups in total. The predicted octanol–water partition coefficient (Wildman–Crippen LogP) is 4.58.